The van der Waals surface area contributed by atoms with Crippen LogP contribution >= 0.6 is 0 Å². The van der Waals surface area contributed by atoms with E-state index in [2.05, 4.69) is 55.2 Å². The fraction of sp³-hybridized carbons (Fsp3) is 0.333. The summed E-state index contributed by atoms with van der Waals surface area (Å²) < 4.78 is 26.8. The molecular formula is C27H26F2. The minimum absolute atomic E-state index is 0.497. The van der Waals surface area contributed by atoms with E-state index in [0.717, 1.165) is 11.6 Å². The predicted octanol–water partition coefficient (Wildman–Crippen LogP) is 7.59. The molecule has 0 bridgehead atoms. The van der Waals surface area contributed by atoms with Crippen LogP contribution in [-0.2, 0) is 0 Å². The van der Waals surface area contributed by atoms with Crippen LogP contribution in [0.25, 0.3) is 10.8 Å². The first kappa shape index (κ1) is 19.6. The summed E-state index contributed by atoms with van der Waals surface area (Å²) in [6.45, 7) is 2.26. The summed E-state index contributed by atoms with van der Waals surface area (Å²) in [6, 6.07) is 16.6. The molecule has 3 aromatic carbocycles. The Morgan fingerprint density at radius 2 is 1.72 bits per heavy atom. The van der Waals surface area contributed by atoms with Gasteiger partial charge in [0.2, 0.25) is 0 Å². The van der Waals surface area contributed by atoms with E-state index >= 15 is 0 Å². The Labute approximate surface area is 172 Å². The molecule has 0 heterocycles. The van der Waals surface area contributed by atoms with Gasteiger partial charge in [-0.05, 0) is 65.3 Å². The first-order valence-corrected chi connectivity index (χ1v) is 10.7. The van der Waals surface area contributed by atoms with Gasteiger partial charge in [-0.1, -0.05) is 74.8 Å². The molecule has 148 valence electrons. The van der Waals surface area contributed by atoms with E-state index in [1.54, 1.807) is 0 Å². The van der Waals surface area contributed by atoms with Crippen molar-refractivity contribution in [2.45, 2.75) is 51.4 Å². The molecule has 1 aliphatic rings. The quantitative estimate of drug-likeness (QED) is 0.405. The van der Waals surface area contributed by atoms with Gasteiger partial charge in [-0.2, -0.15) is 0 Å². The van der Waals surface area contributed by atoms with Crippen LogP contribution in [0.3, 0.4) is 0 Å². The standard InChI is InChI=1S/C27H26F2/c1-2-7-20-8-3-5-10-23(20)27-22(16-15-21-9-4-6-11-24(21)27)14-12-19-13-17-25(28)26(29)18-19/h4,6,9,11,13,15-18,20,23H,2-3,5,7-8,10H2,1H3. The molecule has 1 saturated carbocycles. The number of fused-ring (bicyclic) bond motifs is 1. The highest BCUT2D eigenvalue weighted by Gasteiger charge is 2.28. The second-order valence-corrected chi connectivity index (χ2v) is 8.07. The van der Waals surface area contributed by atoms with E-state index in [-0.39, 0.29) is 0 Å². The third kappa shape index (κ3) is 4.20. The lowest BCUT2D eigenvalue weighted by Crippen LogP contribution is -2.19. The topological polar surface area (TPSA) is 0 Å². The average Bonchev–Trinajstić information content (AvgIpc) is 2.75. The molecule has 2 unspecified atom stereocenters. The highest BCUT2D eigenvalue weighted by atomic mass is 19.2. The third-order valence-electron chi connectivity index (χ3n) is 6.17. The smallest absolute Gasteiger partial charge is 0.160 e. The van der Waals surface area contributed by atoms with Crippen molar-refractivity contribution in [1.29, 1.82) is 0 Å². The predicted molar refractivity (Wildman–Crippen MR) is 116 cm³/mol. The van der Waals surface area contributed by atoms with Gasteiger partial charge >= 0.3 is 0 Å². The van der Waals surface area contributed by atoms with Crippen LogP contribution in [0.15, 0.2) is 54.6 Å². The fourth-order valence-electron chi connectivity index (χ4n) is 4.82. The van der Waals surface area contributed by atoms with E-state index in [1.807, 2.05) is 0 Å². The highest BCUT2D eigenvalue weighted by molar-refractivity contribution is 5.88. The molecule has 0 radical (unpaired) electrons. The lowest BCUT2D eigenvalue weighted by molar-refractivity contribution is 0.289. The van der Waals surface area contributed by atoms with Crippen molar-refractivity contribution in [3.05, 3.63) is 82.9 Å². The van der Waals surface area contributed by atoms with Crippen molar-refractivity contribution < 1.29 is 8.78 Å². The van der Waals surface area contributed by atoms with E-state index in [4.69, 9.17) is 0 Å². The van der Waals surface area contributed by atoms with E-state index in [1.165, 1.54) is 67.0 Å². The SMILES string of the molecule is CCCC1CCCCC1c1c(C#Cc2ccc(F)c(F)c2)ccc2ccccc12. The molecular weight excluding hydrogens is 362 g/mol. The Kier molecular flexibility index (Phi) is 5.95. The van der Waals surface area contributed by atoms with Crippen molar-refractivity contribution in [1.82, 2.24) is 0 Å². The van der Waals surface area contributed by atoms with Crippen molar-refractivity contribution in [3.63, 3.8) is 0 Å². The summed E-state index contributed by atoms with van der Waals surface area (Å²) in [5, 5.41) is 2.51. The maximum Gasteiger partial charge on any atom is 0.160 e. The fourth-order valence-corrected chi connectivity index (χ4v) is 4.82. The number of benzene rings is 3. The van der Waals surface area contributed by atoms with Crippen LogP contribution in [0.4, 0.5) is 8.78 Å². The van der Waals surface area contributed by atoms with Crippen LogP contribution in [-0.4, -0.2) is 0 Å². The zero-order valence-corrected chi connectivity index (χ0v) is 16.8. The van der Waals surface area contributed by atoms with Gasteiger partial charge in [0, 0.05) is 11.1 Å². The third-order valence-corrected chi connectivity index (χ3v) is 6.17. The molecule has 0 nitrogen and oxygen atoms in total. The summed E-state index contributed by atoms with van der Waals surface area (Å²) in [6.07, 6.45) is 7.47. The minimum atomic E-state index is -0.856. The highest BCUT2D eigenvalue weighted by Crippen LogP contribution is 2.43. The maximum absolute atomic E-state index is 13.6. The van der Waals surface area contributed by atoms with Crippen LogP contribution in [0, 0.1) is 29.4 Å². The van der Waals surface area contributed by atoms with E-state index in [0.29, 0.717) is 17.4 Å². The Bertz CT molecular complexity index is 1070. The monoisotopic (exact) mass is 388 g/mol. The summed E-state index contributed by atoms with van der Waals surface area (Å²) in [5.41, 5.74) is 2.86. The van der Waals surface area contributed by atoms with Gasteiger partial charge in [0.1, 0.15) is 0 Å². The summed E-state index contributed by atoms with van der Waals surface area (Å²) in [5.74, 6) is 5.84. The minimum Gasteiger partial charge on any atom is -0.204 e. The molecule has 3 aromatic rings. The Balaban J connectivity index is 1.83. The molecule has 2 heteroatoms. The van der Waals surface area contributed by atoms with E-state index in [9.17, 15) is 8.78 Å². The van der Waals surface area contributed by atoms with Gasteiger partial charge < -0.3 is 0 Å². The molecule has 4 rings (SSSR count). The number of rotatable bonds is 3. The maximum atomic E-state index is 13.6. The molecule has 0 spiro atoms. The second-order valence-electron chi connectivity index (χ2n) is 8.07. The van der Waals surface area contributed by atoms with Gasteiger partial charge in [0.05, 0.1) is 0 Å². The average molecular weight is 389 g/mol. The number of hydrogen-bond donors (Lipinski definition) is 0. The van der Waals surface area contributed by atoms with Crippen molar-refractivity contribution in [2.24, 2.45) is 5.92 Å². The first-order chi connectivity index (χ1) is 14.2. The van der Waals surface area contributed by atoms with Crippen LogP contribution < -0.4 is 0 Å². The molecule has 0 amide bonds. The number of halogens is 2. The van der Waals surface area contributed by atoms with Gasteiger partial charge in [-0.15, -0.1) is 0 Å². The van der Waals surface area contributed by atoms with Crippen LogP contribution in [0.2, 0.25) is 0 Å². The summed E-state index contributed by atoms with van der Waals surface area (Å²) in [4.78, 5) is 0. The van der Waals surface area contributed by atoms with Gasteiger partial charge in [-0.25, -0.2) is 8.78 Å². The summed E-state index contributed by atoms with van der Waals surface area (Å²) >= 11 is 0. The zero-order valence-electron chi connectivity index (χ0n) is 16.8. The molecule has 2 atom stereocenters. The molecule has 0 saturated heterocycles. The van der Waals surface area contributed by atoms with Gasteiger partial charge in [-0.3, -0.25) is 0 Å². The largest absolute Gasteiger partial charge is 0.204 e. The van der Waals surface area contributed by atoms with Crippen LogP contribution in [0.5, 0.6) is 0 Å². The Morgan fingerprint density at radius 1 is 0.897 bits per heavy atom. The lowest BCUT2D eigenvalue weighted by atomic mass is 9.71. The molecule has 0 N–H and O–H groups in total. The first-order valence-electron chi connectivity index (χ1n) is 10.7. The van der Waals surface area contributed by atoms with Crippen LogP contribution in [0.1, 0.15) is 68.1 Å². The zero-order chi connectivity index (χ0) is 20.2. The van der Waals surface area contributed by atoms with Crippen molar-refractivity contribution in [2.75, 3.05) is 0 Å². The molecule has 1 fully saturated rings. The molecule has 1 aliphatic carbocycles. The van der Waals surface area contributed by atoms with Gasteiger partial charge in [0.15, 0.2) is 11.6 Å². The molecule has 0 aliphatic heterocycles. The summed E-state index contributed by atoms with van der Waals surface area (Å²) in [7, 11) is 0. The van der Waals surface area contributed by atoms with Crippen molar-refractivity contribution in [3.8, 4) is 11.8 Å². The lowest BCUT2D eigenvalue weighted by Gasteiger charge is -2.33. The molecule has 0 aromatic heterocycles. The second kappa shape index (κ2) is 8.78. The molecule has 29 heavy (non-hydrogen) atoms. The van der Waals surface area contributed by atoms with Crippen molar-refractivity contribution >= 4 is 10.8 Å². The Morgan fingerprint density at radius 3 is 2.55 bits per heavy atom. The van der Waals surface area contributed by atoms with Gasteiger partial charge in [0.25, 0.3) is 0 Å². The van der Waals surface area contributed by atoms with E-state index < -0.39 is 11.6 Å². The normalized spacial score (nSPS) is 19.0. The number of hydrogen-bond acceptors (Lipinski definition) is 0. The Hall–Kier alpha value is -2.66.